The summed E-state index contributed by atoms with van der Waals surface area (Å²) >= 11 is 9.40. The monoisotopic (exact) mass is 551 g/mol. The van der Waals surface area contributed by atoms with Crippen LogP contribution < -0.4 is 20.2 Å². The number of amides is 2. The van der Waals surface area contributed by atoms with Crippen LogP contribution in [-0.4, -0.2) is 37.3 Å². The SMILES string of the molecule is CCCCOc1c(Br)cc(C=NNC(=O)C(NC(=O)c2ccc(Cl)cc2)C(C)C)cc1OCC. The lowest BCUT2D eigenvalue weighted by molar-refractivity contribution is -0.123. The lowest BCUT2D eigenvalue weighted by atomic mass is 10.0. The van der Waals surface area contributed by atoms with Gasteiger partial charge >= 0.3 is 0 Å². The number of benzene rings is 2. The number of nitrogens with one attached hydrogen (secondary N) is 2. The van der Waals surface area contributed by atoms with Crippen LogP contribution in [0.2, 0.25) is 5.02 Å². The Morgan fingerprint density at radius 3 is 2.47 bits per heavy atom. The predicted octanol–water partition coefficient (Wildman–Crippen LogP) is 5.58. The summed E-state index contributed by atoms with van der Waals surface area (Å²) in [5.41, 5.74) is 3.64. The van der Waals surface area contributed by atoms with Crippen molar-refractivity contribution in [3.05, 3.63) is 57.0 Å². The Balaban J connectivity index is 2.08. The third-order valence-electron chi connectivity index (χ3n) is 4.81. The van der Waals surface area contributed by atoms with Gasteiger partial charge in [0.1, 0.15) is 6.04 Å². The molecule has 2 N–H and O–H groups in total. The third-order valence-corrected chi connectivity index (χ3v) is 5.65. The normalized spacial score (nSPS) is 12.0. The molecule has 0 radical (unpaired) electrons. The molecule has 0 aromatic heterocycles. The van der Waals surface area contributed by atoms with Crippen LogP contribution in [0, 0.1) is 5.92 Å². The van der Waals surface area contributed by atoms with Gasteiger partial charge in [-0.2, -0.15) is 5.10 Å². The minimum atomic E-state index is -0.764. The molecule has 9 heteroatoms. The van der Waals surface area contributed by atoms with Crippen LogP contribution in [0.3, 0.4) is 0 Å². The lowest BCUT2D eigenvalue weighted by Crippen LogP contribution is -2.48. The molecule has 1 unspecified atom stereocenters. The maximum atomic E-state index is 12.7. The first kappa shape index (κ1) is 27.7. The number of hydrogen-bond donors (Lipinski definition) is 2. The zero-order valence-corrected chi connectivity index (χ0v) is 22.2. The van der Waals surface area contributed by atoms with Gasteiger partial charge in [-0.25, -0.2) is 5.43 Å². The van der Waals surface area contributed by atoms with E-state index >= 15 is 0 Å². The average molecular weight is 553 g/mol. The van der Waals surface area contributed by atoms with Gasteiger partial charge in [0, 0.05) is 10.6 Å². The first-order chi connectivity index (χ1) is 16.3. The van der Waals surface area contributed by atoms with E-state index in [2.05, 4.69) is 38.7 Å². The number of rotatable bonds is 12. The van der Waals surface area contributed by atoms with Gasteiger partial charge in [-0.05, 0) is 77.2 Å². The highest BCUT2D eigenvalue weighted by molar-refractivity contribution is 9.10. The first-order valence-corrected chi connectivity index (χ1v) is 12.4. The summed E-state index contributed by atoms with van der Waals surface area (Å²) < 4.78 is 12.3. The van der Waals surface area contributed by atoms with E-state index in [-0.39, 0.29) is 11.8 Å². The minimum Gasteiger partial charge on any atom is -0.490 e. The molecule has 0 aliphatic carbocycles. The second kappa shape index (κ2) is 14.0. The minimum absolute atomic E-state index is 0.148. The lowest BCUT2D eigenvalue weighted by Gasteiger charge is -2.20. The van der Waals surface area contributed by atoms with Gasteiger partial charge in [0.05, 0.1) is 23.9 Å². The van der Waals surface area contributed by atoms with Crippen molar-refractivity contribution in [1.82, 2.24) is 10.7 Å². The van der Waals surface area contributed by atoms with Crippen LogP contribution in [0.4, 0.5) is 0 Å². The van der Waals surface area contributed by atoms with E-state index in [9.17, 15) is 9.59 Å². The molecule has 34 heavy (non-hydrogen) atoms. The van der Waals surface area contributed by atoms with E-state index in [0.29, 0.717) is 40.9 Å². The Morgan fingerprint density at radius 2 is 1.85 bits per heavy atom. The van der Waals surface area contributed by atoms with Gasteiger partial charge < -0.3 is 14.8 Å². The molecule has 0 bridgehead atoms. The smallest absolute Gasteiger partial charge is 0.262 e. The highest BCUT2D eigenvalue weighted by Crippen LogP contribution is 2.36. The quantitative estimate of drug-likeness (QED) is 0.204. The zero-order valence-electron chi connectivity index (χ0n) is 19.9. The van der Waals surface area contributed by atoms with E-state index in [1.807, 2.05) is 26.8 Å². The highest BCUT2D eigenvalue weighted by Gasteiger charge is 2.24. The maximum Gasteiger partial charge on any atom is 0.262 e. The van der Waals surface area contributed by atoms with E-state index in [0.717, 1.165) is 17.3 Å². The summed E-state index contributed by atoms with van der Waals surface area (Å²) in [6.45, 7) is 8.77. The fourth-order valence-corrected chi connectivity index (χ4v) is 3.68. The van der Waals surface area contributed by atoms with Crippen molar-refractivity contribution in [3.8, 4) is 11.5 Å². The van der Waals surface area contributed by atoms with Crippen molar-refractivity contribution < 1.29 is 19.1 Å². The molecule has 2 rings (SSSR count). The molecule has 0 heterocycles. The second-order valence-electron chi connectivity index (χ2n) is 7.90. The number of nitrogens with zero attached hydrogens (tertiary/aromatic N) is 1. The molecule has 2 amide bonds. The fraction of sp³-hybridized carbons (Fsp3) is 0.400. The molecule has 0 saturated carbocycles. The predicted molar refractivity (Wildman–Crippen MR) is 139 cm³/mol. The number of carbonyl (C=O) groups is 2. The maximum absolute atomic E-state index is 12.7. The van der Waals surface area contributed by atoms with E-state index in [4.69, 9.17) is 21.1 Å². The molecule has 0 aliphatic rings. The number of halogens is 2. The van der Waals surface area contributed by atoms with Gasteiger partial charge in [-0.15, -0.1) is 0 Å². The summed E-state index contributed by atoms with van der Waals surface area (Å²) in [5.74, 6) is 0.303. The summed E-state index contributed by atoms with van der Waals surface area (Å²) in [6, 6.07) is 9.33. The van der Waals surface area contributed by atoms with Gasteiger partial charge in [-0.3, -0.25) is 9.59 Å². The van der Waals surface area contributed by atoms with Crippen LogP contribution in [-0.2, 0) is 4.79 Å². The zero-order chi connectivity index (χ0) is 25.1. The third kappa shape index (κ3) is 8.33. The van der Waals surface area contributed by atoms with Crippen molar-refractivity contribution in [1.29, 1.82) is 0 Å². The van der Waals surface area contributed by atoms with Crippen LogP contribution in [0.1, 0.15) is 56.5 Å². The second-order valence-corrected chi connectivity index (χ2v) is 9.19. The van der Waals surface area contributed by atoms with Crippen molar-refractivity contribution in [2.45, 2.75) is 46.6 Å². The van der Waals surface area contributed by atoms with Crippen LogP contribution >= 0.6 is 27.5 Å². The fourth-order valence-electron chi connectivity index (χ4n) is 2.98. The van der Waals surface area contributed by atoms with Gasteiger partial charge in [0.15, 0.2) is 11.5 Å². The van der Waals surface area contributed by atoms with Crippen LogP contribution in [0.25, 0.3) is 0 Å². The molecule has 1 atom stereocenters. The molecular formula is C25H31BrClN3O4. The Morgan fingerprint density at radius 1 is 1.15 bits per heavy atom. The Labute approximate surface area is 214 Å². The summed E-state index contributed by atoms with van der Waals surface area (Å²) in [6.07, 6.45) is 3.49. The van der Waals surface area contributed by atoms with Crippen LogP contribution in [0.5, 0.6) is 11.5 Å². The molecule has 2 aromatic carbocycles. The van der Waals surface area contributed by atoms with Crippen molar-refractivity contribution in [3.63, 3.8) is 0 Å². The van der Waals surface area contributed by atoms with Gasteiger partial charge in [0.25, 0.3) is 11.8 Å². The molecule has 0 aliphatic heterocycles. The van der Waals surface area contributed by atoms with E-state index in [1.54, 1.807) is 30.3 Å². The largest absolute Gasteiger partial charge is 0.490 e. The summed E-state index contributed by atoms with van der Waals surface area (Å²) in [5, 5.41) is 7.36. The Kier molecular flexibility index (Phi) is 11.4. The van der Waals surface area contributed by atoms with E-state index < -0.39 is 11.9 Å². The number of hydrazone groups is 1. The Hall–Kier alpha value is -2.58. The van der Waals surface area contributed by atoms with E-state index in [1.165, 1.54) is 6.21 Å². The van der Waals surface area contributed by atoms with Crippen molar-refractivity contribution >= 4 is 45.6 Å². The number of unbranched alkanes of at least 4 members (excludes halogenated alkanes) is 1. The average Bonchev–Trinajstić information content (AvgIpc) is 2.79. The highest BCUT2D eigenvalue weighted by atomic mass is 79.9. The molecule has 184 valence electrons. The molecule has 7 nitrogen and oxygen atoms in total. The van der Waals surface area contributed by atoms with Crippen LogP contribution in [0.15, 0.2) is 46.0 Å². The van der Waals surface area contributed by atoms with Crippen molar-refractivity contribution in [2.75, 3.05) is 13.2 Å². The molecular weight excluding hydrogens is 522 g/mol. The number of carbonyl (C=O) groups excluding carboxylic acids is 2. The number of hydrogen-bond acceptors (Lipinski definition) is 5. The summed E-state index contributed by atoms with van der Waals surface area (Å²) in [4.78, 5) is 25.2. The standard InChI is InChI=1S/C25H31BrClN3O4/c1-5-7-12-34-23-20(26)13-17(14-21(23)33-6-2)15-28-30-25(32)22(16(3)4)29-24(31)18-8-10-19(27)11-9-18/h8-11,13-16,22H,5-7,12H2,1-4H3,(H,29,31)(H,30,32). The Bertz CT molecular complexity index is 996. The molecule has 0 spiro atoms. The topological polar surface area (TPSA) is 89.0 Å². The molecule has 0 saturated heterocycles. The number of ether oxygens (including phenoxy) is 2. The summed E-state index contributed by atoms with van der Waals surface area (Å²) in [7, 11) is 0. The van der Waals surface area contributed by atoms with Crippen molar-refractivity contribution in [2.24, 2.45) is 11.0 Å². The molecule has 0 fully saturated rings. The van der Waals surface area contributed by atoms with Gasteiger partial charge in [0.2, 0.25) is 0 Å². The molecule has 2 aromatic rings. The first-order valence-electron chi connectivity index (χ1n) is 11.2. The van der Waals surface area contributed by atoms with Gasteiger partial charge in [-0.1, -0.05) is 38.8 Å².